The predicted molar refractivity (Wildman–Crippen MR) is 120 cm³/mol. The van der Waals surface area contributed by atoms with Crippen LogP contribution in [0.3, 0.4) is 0 Å². The average molecular weight is 436 g/mol. The van der Waals surface area contributed by atoms with E-state index < -0.39 is 0 Å². The Kier molecular flexibility index (Phi) is 7.24. The predicted octanol–water partition coefficient (Wildman–Crippen LogP) is 5.73. The van der Waals surface area contributed by atoms with Crippen LogP contribution >= 0.6 is 47.3 Å². The molecule has 0 bridgehead atoms. The van der Waals surface area contributed by atoms with Crippen LogP contribution in [0, 0.1) is 0 Å². The van der Waals surface area contributed by atoms with E-state index in [9.17, 15) is 4.79 Å². The minimum absolute atomic E-state index is 0.0212. The molecule has 0 saturated carbocycles. The van der Waals surface area contributed by atoms with Crippen molar-refractivity contribution in [3.63, 3.8) is 0 Å². The van der Waals surface area contributed by atoms with Crippen LogP contribution in [0.5, 0.6) is 5.75 Å². The molecule has 1 aliphatic rings. The number of amides is 1. The van der Waals surface area contributed by atoms with Gasteiger partial charge in [-0.15, -0.1) is 11.8 Å². The number of halogens is 1. The molecule has 2 aromatic rings. The summed E-state index contributed by atoms with van der Waals surface area (Å²) in [5.41, 5.74) is 0.953. The van der Waals surface area contributed by atoms with E-state index in [1.807, 2.05) is 61.5 Å². The van der Waals surface area contributed by atoms with Crippen molar-refractivity contribution in [2.45, 2.75) is 11.8 Å². The third-order valence-electron chi connectivity index (χ3n) is 3.80. The fraction of sp³-hybridized carbons (Fsp3) is 0.200. The van der Waals surface area contributed by atoms with E-state index in [1.54, 1.807) is 16.7 Å². The zero-order chi connectivity index (χ0) is 19.2. The Balaban J connectivity index is 1.50. The Morgan fingerprint density at radius 1 is 1.19 bits per heavy atom. The van der Waals surface area contributed by atoms with Gasteiger partial charge in [0.05, 0.1) is 11.5 Å². The molecule has 0 spiro atoms. The Morgan fingerprint density at radius 3 is 2.52 bits per heavy atom. The molecule has 0 N–H and O–H groups in total. The number of carbonyl (C=O) groups excluding carboxylic acids is 1. The lowest BCUT2D eigenvalue weighted by Gasteiger charge is -2.09. The molecule has 7 heteroatoms. The molecule has 140 valence electrons. The van der Waals surface area contributed by atoms with Gasteiger partial charge in [-0.2, -0.15) is 0 Å². The molecule has 0 atom stereocenters. The molecule has 3 nitrogen and oxygen atoms in total. The van der Waals surface area contributed by atoms with Gasteiger partial charge < -0.3 is 4.74 Å². The molecule has 1 saturated heterocycles. The lowest BCUT2D eigenvalue weighted by Crippen LogP contribution is -2.27. The first-order valence-corrected chi connectivity index (χ1v) is 11.0. The van der Waals surface area contributed by atoms with Gasteiger partial charge in [-0.3, -0.25) is 9.69 Å². The molecule has 0 radical (unpaired) electrons. The molecule has 1 aliphatic heterocycles. The van der Waals surface area contributed by atoms with Crippen LogP contribution in [0.2, 0.25) is 5.02 Å². The summed E-state index contributed by atoms with van der Waals surface area (Å²) in [4.78, 5) is 15.7. The fourth-order valence-corrected chi connectivity index (χ4v) is 4.68. The molecule has 2 aromatic carbocycles. The van der Waals surface area contributed by atoms with E-state index >= 15 is 0 Å². The second-order valence-electron chi connectivity index (χ2n) is 5.65. The van der Waals surface area contributed by atoms with E-state index in [0.29, 0.717) is 22.4 Å². The highest BCUT2D eigenvalue weighted by Gasteiger charge is 2.30. The van der Waals surface area contributed by atoms with Gasteiger partial charge in [-0.05, 0) is 55.0 Å². The van der Waals surface area contributed by atoms with E-state index in [0.717, 1.165) is 22.1 Å². The van der Waals surface area contributed by atoms with Gasteiger partial charge >= 0.3 is 0 Å². The van der Waals surface area contributed by atoms with Crippen LogP contribution in [0.15, 0.2) is 58.3 Å². The lowest BCUT2D eigenvalue weighted by molar-refractivity contribution is -0.121. The number of carbonyl (C=O) groups is 1. The molecule has 0 unspecified atom stereocenters. The van der Waals surface area contributed by atoms with Crippen LogP contribution in [0.1, 0.15) is 12.5 Å². The van der Waals surface area contributed by atoms with Crippen molar-refractivity contribution in [1.29, 1.82) is 0 Å². The number of thiocarbonyl (C=S) groups is 1. The zero-order valence-corrected chi connectivity index (χ0v) is 17.9. The van der Waals surface area contributed by atoms with Crippen molar-refractivity contribution in [2.24, 2.45) is 0 Å². The fourth-order valence-electron chi connectivity index (χ4n) is 2.43. The van der Waals surface area contributed by atoms with Crippen molar-refractivity contribution < 1.29 is 9.53 Å². The number of hydrogen-bond acceptors (Lipinski definition) is 5. The summed E-state index contributed by atoms with van der Waals surface area (Å²) >= 11 is 14.2. The maximum atomic E-state index is 12.2. The first-order chi connectivity index (χ1) is 13.1. The van der Waals surface area contributed by atoms with Crippen molar-refractivity contribution in [2.75, 3.05) is 18.9 Å². The van der Waals surface area contributed by atoms with Crippen LogP contribution in [-0.2, 0) is 4.79 Å². The number of nitrogens with zero attached hydrogens (tertiary/aromatic N) is 1. The zero-order valence-electron chi connectivity index (χ0n) is 14.7. The Labute approximate surface area is 178 Å². The molecule has 1 heterocycles. The van der Waals surface area contributed by atoms with Gasteiger partial charge in [0.2, 0.25) is 0 Å². The Hall–Kier alpha value is -1.47. The smallest absolute Gasteiger partial charge is 0.266 e. The topological polar surface area (TPSA) is 29.5 Å². The summed E-state index contributed by atoms with van der Waals surface area (Å²) in [5.74, 6) is 1.64. The normalized spacial score (nSPS) is 15.6. The molecule has 1 amide bonds. The van der Waals surface area contributed by atoms with Crippen LogP contribution in [0.25, 0.3) is 6.08 Å². The maximum absolute atomic E-state index is 12.2. The van der Waals surface area contributed by atoms with Crippen molar-refractivity contribution in [1.82, 2.24) is 4.90 Å². The summed E-state index contributed by atoms with van der Waals surface area (Å²) in [6.45, 7) is 3.13. The van der Waals surface area contributed by atoms with E-state index in [4.69, 9.17) is 28.6 Å². The molecule has 0 aromatic heterocycles. The number of hydrogen-bond donors (Lipinski definition) is 0. The van der Waals surface area contributed by atoms with Crippen molar-refractivity contribution in [3.05, 3.63) is 64.0 Å². The first-order valence-electron chi connectivity index (χ1n) is 8.43. The monoisotopic (exact) mass is 435 g/mol. The second-order valence-corrected chi connectivity index (χ2v) is 8.93. The summed E-state index contributed by atoms with van der Waals surface area (Å²) in [5, 5.41) is 0.743. The maximum Gasteiger partial charge on any atom is 0.266 e. The summed E-state index contributed by atoms with van der Waals surface area (Å²) < 4.78 is 6.40. The van der Waals surface area contributed by atoms with Crippen LogP contribution < -0.4 is 4.74 Å². The first kappa shape index (κ1) is 20.3. The SMILES string of the molecule is CCN1C(=O)C(=Cc2ccc(OCCSc3ccc(Cl)cc3)cc2)SC1=S. The number of benzene rings is 2. The average Bonchev–Trinajstić information content (AvgIpc) is 2.94. The minimum atomic E-state index is -0.0212. The third-order valence-corrected chi connectivity index (χ3v) is 6.41. The Bertz CT molecular complexity index is 851. The van der Waals surface area contributed by atoms with Crippen LogP contribution in [-0.4, -0.2) is 34.0 Å². The van der Waals surface area contributed by atoms with Gasteiger partial charge in [-0.25, -0.2) is 0 Å². The number of rotatable bonds is 7. The van der Waals surface area contributed by atoms with Gasteiger partial charge in [0.15, 0.2) is 0 Å². The number of thioether (sulfide) groups is 2. The van der Waals surface area contributed by atoms with Gasteiger partial charge in [0.1, 0.15) is 10.1 Å². The molecule has 0 aliphatic carbocycles. The minimum Gasteiger partial charge on any atom is -0.493 e. The quantitative estimate of drug-likeness (QED) is 0.240. The molecular weight excluding hydrogens is 418 g/mol. The Morgan fingerprint density at radius 2 is 1.89 bits per heavy atom. The highest BCUT2D eigenvalue weighted by atomic mass is 35.5. The lowest BCUT2D eigenvalue weighted by atomic mass is 10.2. The van der Waals surface area contributed by atoms with Gasteiger partial charge in [0.25, 0.3) is 5.91 Å². The summed E-state index contributed by atoms with van der Waals surface area (Å²) in [6.07, 6.45) is 1.87. The molecule has 1 fully saturated rings. The summed E-state index contributed by atoms with van der Waals surface area (Å²) in [7, 11) is 0. The third kappa shape index (κ3) is 5.51. The molecular formula is C20H18ClNO2S3. The molecule has 3 rings (SSSR count). The van der Waals surface area contributed by atoms with Crippen molar-refractivity contribution in [3.8, 4) is 5.75 Å². The second kappa shape index (κ2) is 9.64. The standard InChI is InChI=1S/C20H18ClNO2S3/c1-2-22-19(23)18(27-20(22)25)13-14-3-7-16(8-4-14)24-11-12-26-17-9-5-15(21)6-10-17/h3-10,13H,2,11-12H2,1H3. The largest absolute Gasteiger partial charge is 0.493 e. The van der Waals surface area contributed by atoms with Crippen molar-refractivity contribution >= 4 is 63.6 Å². The highest BCUT2D eigenvalue weighted by molar-refractivity contribution is 8.26. The summed E-state index contributed by atoms with van der Waals surface area (Å²) in [6, 6.07) is 15.5. The highest BCUT2D eigenvalue weighted by Crippen LogP contribution is 2.32. The van der Waals surface area contributed by atoms with Gasteiger partial charge in [-0.1, -0.05) is 47.7 Å². The number of ether oxygens (including phenoxy) is 1. The molecule has 27 heavy (non-hydrogen) atoms. The van der Waals surface area contributed by atoms with E-state index in [2.05, 4.69) is 0 Å². The van der Waals surface area contributed by atoms with E-state index in [-0.39, 0.29) is 5.91 Å². The van der Waals surface area contributed by atoms with Gasteiger partial charge in [0, 0.05) is 22.2 Å². The van der Waals surface area contributed by atoms with E-state index in [1.165, 1.54) is 16.7 Å². The number of likely N-dealkylation sites (N-methyl/N-ethyl adjacent to an activating group) is 1. The van der Waals surface area contributed by atoms with Crippen LogP contribution in [0.4, 0.5) is 0 Å².